The van der Waals surface area contributed by atoms with Crippen molar-refractivity contribution in [1.82, 2.24) is 5.06 Å². The van der Waals surface area contributed by atoms with Gasteiger partial charge in [-0.25, -0.2) is 4.79 Å². The third kappa shape index (κ3) is 3.15. The number of ether oxygens (including phenoxy) is 1. The summed E-state index contributed by atoms with van der Waals surface area (Å²) in [6.45, 7) is 2.47. The van der Waals surface area contributed by atoms with Crippen LogP contribution in [0, 0.1) is 17.8 Å². The van der Waals surface area contributed by atoms with Crippen molar-refractivity contribution in [1.29, 1.82) is 0 Å². The molecule has 2 amide bonds. The molecule has 120 valence electrons. The first-order valence-corrected chi connectivity index (χ1v) is 7.92. The van der Waals surface area contributed by atoms with Crippen LogP contribution in [0.5, 0.6) is 0 Å². The Morgan fingerprint density at radius 2 is 1.86 bits per heavy atom. The lowest BCUT2D eigenvalue weighted by atomic mass is 10.0. The van der Waals surface area contributed by atoms with Crippen LogP contribution in [0.15, 0.2) is 11.6 Å². The molecular weight excluding hydrogens is 286 g/mol. The number of amides is 2. The molecule has 1 aliphatic heterocycles. The largest absolute Gasteiger partial charge is 0.533 e. The van der Waals surface area contributed by atoms with E-state index >= 15 is 0 Å². The van der Waals surface area contributed by atoms with Gasteiger partial charge in [0.1, 0.15) is 0 Å². The molecule has 3 rings (SSSR count). The topological polar surface area (TPSA) is 72.9 Å². The molecule has 6 heteroatoms. The third-order valence-electron chi connectivity index (χ3n) is 4.94. The second-order valence-corrected chi connectivity index (χ2v) is 6.39. The highest BCUT2D eigenvalue weighted by molar-refractivity contribution is 6.01. The monoisotopic (exact) mass is 307 g/mol. The van der Waals surface area contributed by atoms with Crippen LogP contribution < -0.4 is 0 Å². The second kappa shape index (κ2) is 6.10. The van der Waals surface area contributed by atoms with E-state index in [2.05, 4.69) is 13.0 Å². The predicted molar refractivity (Wildman–Crippen MR) is 76.2 cm³/mol. The lowest BCUT2D eigenvalue weighted by Crippen LogP contribution is -2.32. The van der Waals surface area contributed by atoms with Gasteiger partial charge in [-0.2, -0.15) is 0 Å². The van der Waals surface area contributed by atoms with Crippen molar-refractivity contribution in [2.24, 2.45) is 17.8 Å². The Labute approximate surface area is 129 Å². The molecule has 1 saturated carbocycles. The smallest absolute Gasteiger partial charge is 0.432 e. The van der Waals surface area contributed by atoms with Crippen LogP contribution in [0.1, 0.15) is 45.4 Å². The van der Waals surface area contributed by atoms with Crippen LogP contribution in [-0.2, 0) is 19.2 Å². The summed E-state index contributed by atoms with van der Waals surface area (Å²) in [4.78, 5) is 39.0. The summed E-state index contributed by atoms with van der Waals surface area (Å²) in [5.41, 5.74) is 1.44. The zero-order chi connectivity index (χ0) is 15.7. The molecule has 2 fully saturated rings. The Morgan fingerprint density at radius 3 is 2.59 bits per heavy atom. The summed E-state index contributed by atoms with van der Waals surface area (Å²) < 4.78 is 5.10. The van der Waals surface area contributed by atoms with Crippen LogP contribution >= 0.6 is 0 Å². The molecule has 0 unspecified atom stereocenters. The summed E-state index contributed by atoms with van der Waals surface area (Å²) in [5.74, 6) is 0.642. The van der Waals surface area contributed by atoms with Gasteiger partial charge in [0.05, 0.1) is 6.61 Å². The number of fused-ring (bicyclic) bond motifs is 1. The van der Waals surface area contributed by atoms with Crippen molar-refractivity contribution in [2.75, 3.05) is 6.61 Å². The molecule has 3 atom stereocenters. The Kier molecular flexibility index (Phi) is 4.18. The van der Waals surface area contributed by atoms with Crippen LogP contribution in [0.3, 0.4) is 0 Å². The van der Waals surface area contributed by atoms with Crippen molar-refractivity contribution in [3.05, 3.63) is 11.6 Å². The molecule has 6 nitrogen and oxygen atoms in total. The van der Waals surface area contributed by atoms with E-state index in [1.54, 1.807) is 0 Å². The Balaban J connectivity index is 1.43. The number of hydroxylamine groups is 2. The molecule has 0 spiro atoms. The average Bonchev–Trinajstić information content (AvgIpc) is 3.03. The number of imide groups is 1. The summed E-state index contributed by atoms with van der Waals surface area (Å²) in [7, 11) is 0. The first-order valence-electron chi connectivity index (χ1n) is 7.92. The normalized spacial score (nSPS) is 31.0. The van der Waals surface area contributed by atoms with Crippen LogP contribution in [0.4, 0.5) is 4.79 Å². The van der Waals surface area contributed by atoms with E-state index in [1.807, 2.05) is 0 Å². The minimum atomic E-state index is -0.961. The lowest BCUT2D eigenvalue weighted by molar-refractivity contribution is -0.177. The summed E-state index contributed by atoms with van der Waals surface area (Å²) in [5, 5.41) is 0.519. The molecule has 0 bridgehead atoms. The number of hydrogen-bond acceptors (Lipinski definition) is 5. The molecule has 0 aromatic rings. The molecule has 0 aromatic heterocycles. The summed E-state index contributed by atoms with van der Waals surface area (Å²) in [6, 6.07) is 0. The summed E-state index contributed by atoms with van der Waals surface area (Å²) in [6.07, 6.45) is 5.98. The van der Waals surface area contributed by atoms with E-state index in [0.717, 1.165) is 25.7 Å². The van der Waals surface area contributed by atoms with Gasteiger partial charge in [0.2, 0.25) is 0 Å². The van der Waals surface area contributed by atoms with E-state index in [0.29, 0.717) is 29.4 Å². The fourth-order valence-electron chi connectivity index (χ4n) is 3.57. The van der Waals surface area contributed by atoms with Crippen LogP contribution in [-0.4, -0.2) is 29.6 Å². The average molecular weight is 307 g/mol. The Morgan fingerprint density at radius 1 is 1.18 bits per heavy atom. The van der Waals surface area contributed by atoms with Gasteiger partial charge in [0, 0.05) is 12.8 Å². The van der Waals surface area contributed by atoms with Crippen molar-refractivity contribution in [3.63, 3.8) is 0 Å². The molecule has 0 aromatic carbocycles. The quantitative estimate of drug-likeness (QED) is 0.455. The maximum Gasteiger partial charge on any atom is 0.533 e. The zero-order valence-electron chi connectivity index (χ0n) is 12.7. The first-order chi connectivity index (χ1) is 10.6. The molecule has 1 saturated heterocycles. The highest BCUT2D eigenvalue weighted by atomic mass is 16.8. The van der Waals surface area contributed by atoms with Crippen LogP contribution in [0.25, 0.3) is 0 Å². The second-order valence-electron chi connectivity index (χ2n) is 6.39. The number of carbonyl (C=O) groups excluding carboxylic acids is 3. The Hall–Kier alpha value is -1.85. The van der Waals surface area contributed by atoms with Gasteiger partial charge in [-0.3, -0.25) is 14.4 Å². The SMILES string of the molecule is CC1=CCC[C@H]2[C@@H](CC1)[C@H]2COC(=O)ON1C(=O)CCC1=O. The van der Waals surface area contributed by atoms with Crippen molar-refractivity contribution in [2.45, 2.75) is 45.4 Å². The summed E-state index contributed by atoms with van der Waals surface area (Å²) >= 11 is 0. The van der Waals surface area contributed by atoms with Crippen molar-refractivity contribution in [3.8, 4) is 0 Å². The highest BCUT2D eigenvalue weighted by Gasteiger charge is 2.49. The van der Waals surface area contributed by atoms with Crippen LogP contribution in [0.2, 0.25) is 0 Å². The fourth-order valence-corrected chi connectivity index (χ4v) is 3.57. The zero-order valence-corrected chi connectivity index (χ0v) is 12.7. The Bertz CT molecular complexity index is 511. The van der Waals surface area contributed by atoms with Gasteiger partial charge in [-0.1, -0.05) is 16.7 Å². The maximum absolute atomic E-state index is 11.6. The van der Waals surface area contributed by atoms with E-state index in [1.165, 1.54) is 5.57 Å². The fraction of sp³-hybridized carbons (Fsp3) is 0.688. The minimum absolute atomic E-state index is 0.0885. The maximum atomic E-state index is 11.6. The predicted octanol–water partition coefficient (Wildman–Crippen LogP) is 2.59. The highest BCUT2D eigenvalue weighted by Crippen LogP contribution is 2.53. The molecule has 0 N–H and O–H groups in total. The molecule has 2 aliphatic carbocycles. The number of nitrogens with zero attached hydrogens (tertiary/aromatic N) is 1. The van der Waals surface area contributed by atoms with Gasteiger partial charge in [-0.05, 0) is 50.4 Å². The van der Waals surface area contributed by atoms with Crippen molar-refractivity contribution >= 4 is 18.0 Å². The van der Waals surface area contributed by atoms with Gasteiger partial charge in [0.15, 0.2) is 0 Å². The van der Waals surface area contributed by atoms with E-state index in [4.69, 9.17) is 9.57 Å². The van der Waals surface area contributed by atoms with E-state index in [-0.39, 0.29) is 12.8 Å². The van der Waals surface area contributed by atoms with E-state index < -0.39 is 18.0 Å². The van der Waals surface area contributed by atoms with Gasteiger partial charge >= 0.3 is 6.16 Å². The third-order valence-corrected chi connectivity index (χ3v) is 4.94. The van der Waals surface area contributed by atoms with Gasteiger partial charge in [-0.15, -0.1) is 0 Å². The lowest BCUT2D eigenvalue weighted by Gasteiger charge is -2.12. The number of carbonyl (C=O) groups is 3. The van der Waals surface area contributed by atoms with Gasteiger partial charge in [0.25, 0.3) is 11.8 Å². The van der Waals surface area contributed by atoms with Gasteiger partial charge < -0.3 is 4.74 Å². The minimum Gasteiger partial charge on any atom is -0.432 e. The molecule has 3 aliphatic rings. The van der Waals surface area contributed by atoms with E-state index in [9.17, 15) is 14.4 Å². The molecule has 22 heavy (non-hydrogen) atoms. The number of hydrogen-bond donors (Lipinski definition) is 0. The molecule has 1 heterocycles. The molecular formula is C16H21NO5. The standard InChI is InChI=1S/C16H21NO5/c1-10-3-2-4-11-12(6-5-10)13(11)9-21-16(20)22-17-14(18)7-8-15(17)19/h3,11-13H,2,4-9H2,1H3/t11-,12+,13-/m0/s1. The number of rotatable bonds is 3. The number of allylic oxidation sites excluding steroid dienone is 2. The first kappa shape index (κ1) is 15.1. The van der Waals surface area contributed by atoms with Crippen molar-refractivity contribution < 1.29 is 24.0 Å². The molecule has 0 radical (unpaired) electrons.